The van der Waals surface area contributed by atoms with Crippen LogP contribution in [-0.2, 0) is 5.75 Å². The number of carbonyl (C=O) groups is 1. The molecule has 1 amide bonds. The van der Waals surface area contributed by atoms with Crippen LogP contribution in [0.2, 0.25) is 0 Å². The Morgan fingerprint density at radius 3 is 2.43 bits per heavy atom. The van der Waals surface area contributed by atoms with Crippen molar-refractivity contribution in [2.75, 3.05) is 39.8 Å². The van der Waals surface area contributed by atoms with E-state index >= 15 is 0 Å². The average Bonchev–Trinajstić information content (AvgIpc) is 3.40. The molecular weight excluding hydrogens is 484 g/mol. The van der Waals surface area contributed by atoms with Gasteiger partial charge in [0.1, 0.15) is 5.75 Å². The summed E-state index contributed by atoms with van der Waals surface area (Å²) in [5.41, 5.74) is 3.48. The molecule has 0 radical (unpaired) electrons. The number of nitrogens with zero attached hydrogens (tertiary/aromatic N) is 6. The van der Waals surface area contributed by atoms with Crippen molar-refractivity contribution in [3.05, 3.63) is 84.2 Å². The molecule has 9 heteroatoms. The first-order valence-corrected chi connectivity index (χ1v) is 13.4. The van der Waals surface area contributed by atoms with Crippen LogP contribution in [0.5, 0.6) is 5.75 Å². The molecule has 8 nitrogen and oxygen atoms in total. The molecule has 0 saturated carbocycles. The van der Waals surface area contributed by atoms with Gasteiger partial charge in [-0.15, -0.1) is 10.2 Å². The highest BCUT2D eigenvalue weighted by molar-refractivity contribution is 7.98. The lowest BCUT2D eigenvalue weighted by Crippen LogP contribution is -2.48. The van der Waals surface area contributed by atoms with Crippen LogP contribution in [0.3, 0.4) is 0 Å². The summed E-state index contributed by atoms with van der Waals surface area (Å²) in [5, 5.41) is 9.78. The number of hydrogen-bond donors (Lipinski definition) is 0. The highest BCUT2D eigenvalue weighted by Crippen LogP contribution is 2.34. The number of benzene rings is 2. The second-order valence-corrected chi connectivity index (χ2v) is 9.66. The summed E-state index contributed by atoms with van der Waals surface area (Å²) in [7, 11) is 1.66. The molecule has 0 aliphatic carbocycles. The molecule has 190 valence electrons. The fourth-order valence-electron chi connectivity index (χ4n) is 4.52. The number of rotatable bonds is 8. The summed E-state index contributed by atoms with van der Waals surface area (Å²) >= 11 is 1.55. The summed E-state index contributed by atoms with van der Waals surface area (Å²) in [6.45, 7) is 6.52. The van der Waals surface area contributed by atoms with Gasteiger partial charge in [0.2, 0.25) is 0 Å². The number of likely N-dealkylation sites (N-methyl/N-ethyl adjacent to an activating group) is 1. The molecular formula is C28H30N6O2S. The minimum atomic E-state index is 0.0932. The van der Waals surface area contributed by atoms with Crippen molar-refractivity contribution < 1.29 is 9.53 Å². The van der Waals surface area contributed by atoms with E-state index in [1.807, 2.05) is 70.1 Å². The first-order chi connectivity index (χ1) is 18.2. The van der Waals surface area contributed by atoms with E-state index in [-0.39, 0.29) is 5.91 Å². The van der Waals surface area contributed by atoms with Crippen molar-refractivity contribution in [1.82, 2.24) is 29.5 Å². The molecule has 0 atom stereocenters. The summed E-state index contributed by atoms with van der Waals surface area (Å²) in [4.78, 5) is 21.9. The maximum Gasteiger partial charge on any atom is 0.254 e. The van der Waals surface area contributed by atoms with E-state index < -0.39 is 0 Å². The van der Waals surface area contributed by atoms with E-state index in [4.69, 9.17) is 4.74 Å². The van der Waals surface area contributed by atoms with Crippen molar-refractivity contribution in [1.29, 1.82) is 0 Å². The maximum absolute atomic E-state index is 13.4. The maximum atomic E-state index is 13.4. The quantitative estimate of drug-likeness (QED) is 0.323. The normalized spacial score (nSPS) is 14.1. The van der Waals surface area contributed by atoms with Crippen LogP contribution in [-0.4, -0.2) is 75.3 Å². The number of amides is 1. The Labute approximate surface area is 221 Å². The lowest BCUT2D eigenvalue weighted by atomic mass is 10.1. The molecule has 0 bridgehead atoms. The zero-order valence-corrected chi connectivity index (χ0v) is 21.9. The molecule has 4 aromatic rings. The molecule has 5 rings (SSSR count). The Hall–Kier alpha value is -3.69. The Bertz CT molecular complexity index is 1350. The first kappa shape index (κ1) is 25.0. The van der Waals surface area contributed by atoms with E-state index in [1.54, 1.807) is 31.3 Å². The largest absolute Gasteiger partial charge is 0.495 e. The molecule has 0 N–H and O–H groups in total. The smallest absolute Gasteiger partial charge is 0.254 e. The van der Waals surface area contributed by atoms with Crippen molar-refractivity contribution >= 4 is 17.7 Å². The molecule has 37 heavy (non-hydrogen) atoms. The fourth-order valence-corrected chi connectivity index (χ4v) is 5.47. The van der Waals surface area contributed by atoms with Crippen LogP contribution in [0.25, 0.3) is 17.1 Å². The van der Waals surface area contributed by atoms with E-state index in [1.165, 1.54) is 0 Å². The SMILES string of the molecule is CCN1CCN(C(=O)c2ccccc2CSc2nnc(-c3ccncc3)n2-c2ccccc2OC)CC1. The van der Waals surface area contributed by atoms with Crippen molar-refractivity contribution in [2.24, 2.45) is 0 Å². The minimum Gasteiger partial charge on any atom is -0.495 e. The van der Waals surface area contributed by atoms with Gasteiger partial charge in [0.25, 0.3) is 5.91 Å². The average molecular weight is 515 g/mol. The van der Waals surface area contributed by atoms with Gasteiger partial charge in [-0.3, -0.25) is 14.3 Å². The third kappa shape index (κ3) is 5.38. The van der Waals surface area contributed by atoms with Gasteiger partial charge in [-0.25, -0.2) is 0 Å². The second-order valence-electron chi connectivity index (χ2n) is 8.72. The molecule has 0 unspecified atom stereocenters. The van der Waals surface area contributed by atoms with Gasteiger partial charge >= 0.3 is 0 Å². The Kier molecular flexibility index (Phi) is 7.82. The van der Waals surface area contributed by atoms with E-state index in [9.17, 15) is 4.79 Å². The summed E-state index contributed by atoms with van der Waals surface area (Å²) < 4.78 is 7.67. The Morgan fingerprint density at radius 1 is 0.946 bits per heavy atom. The predicted molar refractivity (Wildman–Crippen MR) is 145 cm³/mol. The number of pyridine rings is 1. The fraction of sp³-hybridized carbons (Fsp3) is 0.286. The molecule has 1 fully saturated rings. The number of aromatic nitrogens is 4. The third-order valence-electron chi connectivity index (χ3n) is 6.61. The van der Waals surface area contributed by atoms with Gasteiger partial charge in [-0.05, 0) is 42.4 Å². The number of methoxy groups -OCH3 is 1. The van der Waals surface area contributed by atoms with Crippen molar-refractivity contribution in [2.45, 2.75) is 17.8 Å². The van der Waals surface area contributed by atoms with Gasteiger partial charge in [0.05, 0.1) is 12.8 Å². The molecule has 2 aromatic heterocycles. The number of thioether (sulfide) groups is 1. The monoisotopic (exact) mass is 514 g/mol. The number of carbonyl (C=O) groups excluding carboxylic acids is 1. The van der Waals surface area contributed by atoms with Gasteiger partial charge in [0.15, 0.2) is 11.0 Å². The molecule has 1 saturated heterocycles. The van der Waals surface area contributed by atoms with Crippen LogP contribution < -0.4 is 4.74 Å². The highest BCUT2D eigenvalue weighted by atomic mass is 32.2. The number of hydrogen-bond acceptors (Lipinski definition) is 7. The van der Waals surface area contributed by atoms with Crippen LogP contribution in [0.4, 0.5) is 0 Å². The topological polar surface area (TPSA) is 76.4 Å². The Balaban J connectivity index is 1.44. The summed E-state index contributed by atoms with van der Waals surface area (Å²) in [5.74, 6) is 2.10. The van der Waals surface area contributed by atoms with Crippen molar-refractivity contribution in [3.8, 4) is 22.8 Å². The Morgan fingerprint density at radius 2 is 1.68 bits per heavy atom. The van der Waals surface area contributed by atoms with Crippen LogP contribution >= 0.6 is 11.8 Å². The van der Waals surface area contributed by atoms with Crippen LogP contribution in [0, 0.1) is 0 Å². The molecule has 3 heterocycles. The highest BCUT2D eigenvalue weighted by Gasteiger charge is 2.24. The summed E-state index contributed by atoms with van der Waals surface area (Å²) in [6, 6.07) is 19.5. The van der Waals surface area contributed by atoms with E-state index in [2.05, 4.69) is 27.0 Å². The van der Waals surface area contributed by atoms with Crippen molar-refractivity contribution in [3.63, 3.8) is 0 Å². The summed E-state index contributed by atoms with van der Waals surface area (Å²) in [6.07, 6.45) is 3.48. The first-order valence-electron chi connectivity index (χ1n) is 12.4. The van der Waals surface area contributed by atoms with Gasteiger partial charge in [-0.2, -0.15) is 0 Å². The van der Waals surface area contributed by atoms with Gasteiger partial charge < -0.3 is 14.5 Å². The van der Waals surface area contributed by atoms with Gasteiger partial charge in [0, 0.05) is 55.5 Å². The van der Waals surface area contributed by atoms with Crippen LogP contribution in [0.1, 0.15) is 22.8 Å². The van der Waals surface area contributed by atoms with E-state index in [0.29, 0.717) is 11.6 Å². The molecule has 1 aliphatic heterocycles. The molecule has 1 aliphatic rings. The zero-order chi connectivity index (χ0) is 25.6. The predicted octanol–water partition coefficient (Wildman–Crippen LogP) is 4.41. The molecule has 0 spiro atoms. The molecule has 2 aromatic carbocycles. The second kappa shape index (κ2) is 11.6. The number of para-hydroxylation sites is 2. The lowest BCUT2D eigenvalue weighted by molar-refractivity contribution is 0.0642. The number of piperazine rings is 1. The standard InChI is InChI=1S/C28H30N6O2S/c1-3-32-16-18-33(19-17-32)27(35)23-9-5-4-8-22(23)20-37-28-31-30-26(21-12-14-29-15-13-21)34(28)24-10-6-7-11-25(24)36-2/h4-15H,3,16-20H2,1-2H3. The lowest BCUT2D eigenvalue weighted by Gasteiger charge is -2.34. The number of ether oxygens (including phenoxy) is 1. The zero-order valence-electron chi connectivity index (χ0n) is 21.1. The van der Waals surface area contributed by atoms with E-state index in [0.717, 1.165) is 66.0 Å². The van der Waals surface area contributed by atoms with Gasteiger partial charge in [-0.1, -0.05) is 49.0 Å². The third-order valence-corrected chi connectivity index (χ3v) is 7.59. The minimum absolute atomic E-state index is 0.0932. The van der Waals surface area contributed by atoms with Crippen LogP contribution in [0.15, 0.2) is 78.2 Å².